The van der Waals surface area contributed by atoms with Gasteiger partial charge >= 0.3 is 5.97 Å². The number of carbonyl (C=O) groups excluding carboxylic acids is 1. The Morgan fingerprint density at radius 3 is 2.68 bits per heavy atom. The van der Waals surface area contributed by atoms with Crippen molar-refractivity contribution in [3.05, 3.63) is 25.6 Å². The molecule has 0 bridgehead atoms. The molecule has 0 aliphatic rings. The van der Waals surface area contributed by atoms with Crippen molar-refractivity contribution in [1.29, 1.82) is 0 Å². The number of aromatic carboxylic acids is 1. The zero-order valence-corrected chi connectivity index (χ0v) is 13.3. The summed E-state index contributed by atoms with van der Waals surface area (Å²) in [5.74, 6) is -1.72. The van der Waals surface area contributed by atoms with E-state index in [9.17, 15) is 19.5 Å². The normalized spacial score (nSPS) is 12.3. The molecule has 118 valence electrons. The molecule has 0 saturated carbocycles. The molecule has 2 aromatic heterocycles. The summed E-state index contributed by atoms with van der Waals surface area (Å²) >= 11 is 5.92. The van der Waals surface area contributed by atoms with Gasteiger partial charge in [0.25, 0.3) is 5.56 Å². The molecule has 8 nitrogen and oxygen atoms in total. The van der Waals surface area contributed by atoms with E-state index in [2.05, 4.69) is 10.4 Å². The van der Waals surface area contributed by atoms with Gasteiger partial charge in [0, 0.05) is 0 Å². The van der Waals surface area contributed by atoms with Crippen molar-refractivity contribution < 1.29 is 19.8 Å². The molecule has 0 spiro atoms. The third-order valence-electron chi connectivity index (χ3n) is 2.90. The Hall–Kier alpha value is -2.04. The van der Waals surface area contributed by atoms with Crippen LogP contribution in [0.3, 0.4) is 0 Å². The number of nitrogens with one attached hydrogen (secondary N) is 2. The highest BCUT2D eigenvalue weighted by Crippen LogP contribution is 2.26. The SMILES string of the molecule is Cc1c(C(=O)O)sc2[nH]c(=S)n(NC(=O)CC(C)O)c(=O)c12. The van der Waals surface area contributed by atoms with E-state index in [0.717, 1.165) is 16.0 Å². The molecule has 0 aromatic carbocycles. The van der Waals surface area contributed by atoms with Crippen LogP contribution in [0.15, 0.2) is 4.79 Å². The quantitative estimate of drug-likeness (QED) is 0.613. The first-order valence-corrected chi connectivity index (χ1v) is 7.44. The monoisotopic (exact) mass is 343 g/mol. The fourth-order valence-corrected chi connectivity index (χ4v) is 3.29. The van der Waals surface area contributed by atoms with Crippen LogP contribution >= 0.6 is 23.6 Å². The van der Waals surface area contributed by atoms with Gasteiger partial charge in [-0.3, -0.25) is 15.0 Å². The van der Waals surface area contributed by atoms with Gasteiger partial charge in [-0.15, -0.1) is 11.3 Å². The second-order valence-corrected chi connectivity index (χ2v) is 6.13. The average Bonchev–Trinajstić information content (AvgIpc) is 2.71. The third-order valence-corrected chi connectivity index (χ3v) is 4.38. The Morgan fingerprint density at radius 1 is 1.50 bits per heavy atom. The van der Waals surface area contributed by atoms with Crippen molar-refractivity contribution >= 4 is 45.6 Å². The van der Waals surface area contributed by atoms with Crippen molar-refractivity contribution in [3.8, 4) is 0 Å². The van der Waals surface area contributed by atoms with Gasteiger partial charge in [-0.25, -0.2) is 4.79 Å². The number of aliphatic hydroxyl groups excluding tert-OH is 1. The number of hydrogen-bond donors (Lipinski definition) is 4. The number of aliphatic hydroxyl groups is 1. The molecule has 2 aromatic rings. The summed E-state index contributed by atoms with van der Waals surface area (Å²) < 4.78 is 0.780. The fourth-order valence-electron chi connectivity index (χ4n) is 1.96. The lowest BCUT2D eigenvalue weighted by atomic mass is 10.2. The Labute approximate surface area is 133 Å². The summed E-state index contributed by atoms with van der Waals surface area (Å²) in [6, 6.07) is 0. The Morgan fingerprint density at radius 2 is 2.14 bits per heavy atom. The van der Waals surface area contributed by atoms with E-state index >= 15 is 0 Å². The topological polar surface area (TPSA) is 124 Å². The van der Waals surface area contributed by atoms with E-state index in [1.165, 1.54) is 13.8 Å². The van der Waals surface area contributed by atoms with E-state index in [1.807, 2.05) is 0 Å². The minimum Gasteiger partial charge on any atom is -0.477 e. The van der Waals surface area contributed by atoms with E-state index in [0.29, 0.717) is 10.4 Å². The first-order valence-electron chi connectivity index (χ1n) is 6.22. The number of rotatable bonds is 4. The number of nitrogens with zero attached hydrogens (tertiary/aromatic N) is 1. The van der Waals surface area contributed by atoms with Crippen molar-refractivity contribution in [1.82, 2.24) is 9.66 Å². The summed E-state index contributed by atoms with van der Waals surface area (Å²) in [5.41, 5.74) is 1.99. The van der Waals surface area contributed by atoms with Gasteiger partial charge in [0.1, 0.15) is 9.71 Å². The first kappa shape index (κ1) is 16.3. The average molecular weight is 343 g/mol. The standard InChI is InChI=1S/C12H13N3O5S2/c1-4(16)3-6(17)14-15-10(18)7-5(2)8(11(19)20)22-9(7)13-12(15)21/h4,16H,3H2,1-2H3,(H,13,21)(H,14,17)(H,19,20). The molecule has 22 heavy (non-hydrogen) atoms. The molecule has 0 aliphatic heterocycles. The maximum atomic E-state index is 12.4. The maximum absolute atomic E-state index is 12.4. The number of carboxylic acids is 1. The number of hydrogen-bond acceptors (Lipinski definition) is 6. The molecule has 1 atom stereocenters. The predicted octanol–water partition coefficient (Wildman–Crippen LogP) is 0.968. The van der Waals surface area contributed by atoms with E-state index in [4.69, 9.17) is 17.3 Å². The van der Waals surface area contributed by atoms with Crippen LogP contribution in [0, 0.1) is 11.7 Å². The molecule has 10 heteroatoms. The number of aromatic nitrogens is 2. The van der Waals surface area contributed by atoms with Crippen molar-refractivity contribution in [2.45, 2.75) is 26.4 Å². The van der Waals surface area contributed by atoms with Crippen LogP contribution in [-0.2, 0) is 4.79 Å². The molecule has 1 amide bonds. The smallest absolute Gasteiger partial charge is 0.346 e. The van der Waals surface area contributed by atoms with Gasteiger partial charge in [-0.1, -0.05) is 0 Å². The summed E-state index contributed by atoms with van der Waals surface area (Å²) in [4.78, 5) is 38.4. The minimum absolute atomic E-state index is 0.0332. The summed E-state index contributed by atoms with van der Waals surface area (Å²) in [6.45, 7) is 2.96. The van der Waals surface area contributed by atoms with Crippen LogP contribution in [0.5, 0.6) is 0 Å². The number of H-pyrrole nitrogens is 1. The highest BCUT2D eigenvalue weighted by atomic mass is 32.1. The molecule has 4 N–H and O–H groups in total. The van der Waals surface area contributed by atoms with Gasteiger partial charge in [-0.05, 0) is 31.6 Å². The molecular formula is C12H13N3O5S2. The number of aryl methyl sites for hydroxylation is 1. The Bertz CT molecular complexity index is 877. The van der Waals surface area contributed by atoms with Gasteiger partial charge in [0.2, 0.25) is 10.7 Å². The summed E-state index contributed by atoms with van der Waals surface area (Å²) in [6.07, 6.45) is -1.05. The van der Waals surface area contributed by atoms with Crippen LogP contribution in [0.4, 0.5) is 0 Å². The van der Waals surface area contributed by atoms with Gasteiger partial charge in [0.05, 0.1) is 17.9 Å². The Balaban J connectivity index is 2.60. The maximum Gasteiger partial charge on any atom is 0.346 e. The van der Waals surface area contributed by atoms with Crippen LogP contribution in [0.1, 0.15) is 28.6 Å². The molecule has 0 aliphatic carbocycles. The number of aromatic amines is 1. The lowest BCUT2D eigenvalue weighted by Gasteiger charge is -2.09. The molecule has 0 fully saturated rings. The van der Waals surface area contributed by atoms with Gasteiger partial charge in [-0.2, -0.15) is 4.68 Å². The highest BCUT2D eigenvalue weighted by molar-refractivity contribution is 7.71. The van der Waals surface area contributed by atoms with Crippen LogP contribution in [-0.4, -0.2) is 37.9 Å². The van der Waals surface area contributed by atoms with Crippen LogP contribution in [0.2, 0.25) is 0 Å². The largest absolute Gasteiger partial charge is 0.477 e. The van der Waals surface area contributed by atoms with E-state index < -0.39 is 23.5 Å². The zero-order chi connectivity index (χ0) is 16.6. The second kappa shape index (κ2) is 5.99. The van der Waals surface area contributed by atoms with Crippen molar-refractivity contribution in [3.63, 3.8) is 0 Å². The van der Waals surface area contributed by atoms with Gasteiger partial charge < -0.3 is 15.2 Å². The Kier molecular flexibility index (Phi) is 4.44. The van der Waals surface area contributed by atoms with Crippen molar-refractivity contribution in [2.75, 3.05) is 5.43 Å². The number of carbonyl (C=O) groups is 2. The fraction of sp³-hybridized carbons (Fsp3) is 0.333. The zero-order valence-electron chi connectivity index (χ0n) is 11.7. The number of fused-ring (bicyclic) bond motifs is 1. The second-order valence-electron chi connectivity index (χ2n) is 4.72. The third kappa shape index (κ3) is 2.93. The van der Waals surface area contributed by atoms with E-state index in [1.54, 1.807) is 0 Å². The lowest BCUT2D eigenvalue weighted by Crippen LogP contribution is -2.35. The van der Waals surface area contributed by atoms with Crippen LogP contribution < -0.4 is 11.0 Å². The van der Waals surface area contributed by atoms with E-state index in [-0.39, 0.29) is 21.5 Å². The van der Waals surface area contributed by atoms with Crippen molar-refractivity contribution in [2.24, 2.45) is 0 Å². The van der Waals surface area contributed by atoms with Gasteiger partial charge in [0.15, 0.2) is 0 Å². The first-order chi connectivity index (χ1) is 10.2. The summed E-state index contributed by atoms with van der Waals surface area (Å²) in [7, 11) is 0. The number of carboxylic acid groups (broad SMARTS) is 1. The molecule has 2 heterocycles. The molecule has 1 unspecified atom stereocenters. The number of thiophene rings is 1. The minimum atomic E-state index is -1.14. The summed E-state index contributed by atoms with van der Waals surface area (Å²) in [5, 5.41) is 18.4. The predicted molar refractivity (Wildman–Crippen MR) is 83.6 cm³/mol. The highest BCUT2D eigenvalue weighted by Gasteiger charge is 2.19. The molecule has 0 radical (unpaired) electrons. The molecule has 2 rings (SSSR count). The molecule has 0 saturated heterocycles. The lowest BCUT2D eigenvalue weighted by molar-refractivity contribution is -0.118. The van der Waals surface area contributed by atoms with Crippen LogP contribution in [0.25, 0.3) is 10.2 Å². The molecular weight excluding hydrogens is 330 g/mol. The number of amides is 1.